The monoisotopic (exact) mass is 386 g/mol. The van der Waals surface area contributed by atoms with E-state index in [0.29, 0.717) is 28.9 Å². The van der Waals surface area contributed by atoms with E-state index in [-0.39, 0.29) is 0 Å². The molecule has 0 aliphatic heterocycles. The first kappa shape index (κ1) is 21.5. The van der Waals surface area contributed by atoms with Crippen LogP contribution in [-0.4, -0.2) is 12.9 Å². The number of rotatable bonds is 11. The highest BCUT2D eigenvalue weighted by molar-refractivity contribution is 6.32. The molecule has 0 heterocycles. The van der Waals surface area contributed by atoms with Crippen molar-refractivity contribution >= 4 is 17.9 Å². The van der Waals surface area contributed by atoms with Gasteiger partial charge in [0.2, 0.25) is 0 Å². The van der Waals surface area contributed by atoms with Gasteiger partial charge in [-0.1, -0.05) is 56.0 Å². The Kier molecular flexibility index (Phi) is 8.87. The molecule has 0 saturated heterocycles. The maximum Gasteiger partial charge on any atom is 0.150 e. The molecule has 0 aliphatic rings. The predicted octanol–water partition coefficient (Wildman–Crippen LogP) is 6.98. The highest BCUT2D eigenvalue weighted by Gasteiger charge is 2.11. The predicted molar refractivity (Wildman–Crippen MR) is 114 cm³/mol. The van der Waals surface area contributed by atoms with Crippen molar-refractivity contribution < 1.29 is 9.53 Å². The minimum absolute atomic E-state index is 0.497. The van der Waals surface area contributed by atoms with Crippen LogP contribution >= 0.6 is 11.6 Å². The van der Waals surface area contributed by atoms with Gasteiger partial charge in [0.15, 0.2) is 0 Å². The Labute approximate surface area is 168 Å². The first-order valence-corrected chi connectivity index (χ1v) is 10.3. The lowest BCUT2D eigenvalue weighted by atomic mass is 9.89. The van der Waals surface area contributed by atoms with E-state index in [2.05, 4.69) is 39.0 Å². The van der Waals surface area contributed by atoms with Crippen LogP contribution in [0.1, 0.15) is 66.1 Å². The highest BCUT2D eigenvalue weighted by atomic mass is 35.5. The van der Waals surface area contributed by atoms with Gasteiger partial charge in [0.05, 0.1) is 11.6 Å². The van der Waals surface area contributed by atoms with Crippen molar-refractivity contribution in [3.05, 3.63) is 63.7 Å². The summed E-state index contributed by atoms with van der Waals surface area (Å²) >= 11 is 6.17. The Hall–Kier alpha value is -1.80. The molecule has 0 saturated carbocycles. The number of carbonyl (C=O) groups excluding carboxylic acids is 1. The lowest BCUT2D eigenvalue weighted by molar-refractivity contribution is 0.112. The molecule has 0 N–H and O–H groups in total. The topological polar surface area (TPSA) is 26.3 Å². The summed E-state index contributed by atoms with van der Waals surface area (Å²) in [6, 6.07) is 12.0. The summed E-state index contributed by atoms with van der Waals surface area (Å²) in [7, 11) is 0. The zero-order valence-corrected chi connectivity index (χ0v) is 17.5. The second-order valence-corrected chi connectivity index (χ2v) is 7.84. The first-order chi connectivity index (χ1) is 13.0. The van der Waals surface area contributed by atoms with E-state index in [4.69, 9.17) is 16.3 Å². The van der Waals surface area contributed by atoms with Crippen molar-refractivity contribution in [1.82, 2.24) is 0 Å². The van der Waals surface area contributed by atoms with Crippen molar-refractivity contribution in [3.8, 4) is 5.75 Å². The van der Waals surface area contributed by atoms with Crippen LogP contribution in [0.2, 0.25) is 5.02 Å². The number of aldehydes is 1. The lowest BCUT2D eigenvalue weighted by Crippen LogP contribution is -2.08. The van der Waals surface area contributed by atoms with Crippen LogP contribution < -0.4 is 4.74 Å². The molecule has 0 aromatic heterocycles. The van der Waals surface area contributed by atoms with Gasteiger partial charge in [0, 0.05) is 5.56 Å². The van der Waals surface area contributed by atoms with Crippen LogP contribution in [0.5, 0.6) is 5.75 Å². The molecule has 27 heavy (non-hydrogen) atoms. The molecule has 2 rings (SSSR count). The van der Waals surface area contributed by atoms with Gasteiger partial charge in [0.25, 0.3) is 0 Å². The van der Waals surface area contributed by atoms with Gasteiger partial charge in [-0.25, -0.2) is 0 Å². The SMILES string of the molecule is CCCC[C@@H](CCCOc1ccc(C=O)cc1Cl)Cc1ccc(C)c(C)c1. The summed E-state index contributed by atoms with van der Waals surface area (Å²) in [4.78, 5) is 10.8. The van der Waals surface area contributed by atoms with Crippen LogP contribution in [0, 0.1) is 19.8 Å². The van der Waals surface area contributed by atoms with Gasteiger partial charge < -0.3 is 4.74 Å². The van der Waals surface area contributed by atoms with Gasteiger partial charge in [-0.15, -0.1) is 0 Å². The van der Waals surface area contributed by atoms with Crippen LogP contribution in [0.25, 0.3) is 0 Å². The average molecular weight is 387 g/mol. The smallest absolute Gasteiger partial charge is 0.150 e. The van der Waals surface area contributed by atoms with Gasteiger partial charge in [-0.3, -0.25) is 4.79 Å². The third-order valence-electron chi connectivity index (χ3n) is 5.17. The molecular weight excluding hydrogens is 356 g/mol. The third kappa shape index (κ3) is 7.03. The molecule has 1 atom stereocenters. The van der Waals surface area contributed by atoms with E-state index in [0.717, 1.165) is 25.5 Å². The second kappa shape index (κ2) is 11.1. The minimum Gasteiger partial charge on any atom is -0.492 e. The fraction of sp³-hybridized carbons (Fsp3) is 0.458. The quantitative estimate of drug-likeness (QED) is 0.307. The number of carbonyl (C=O) groups is 1. The van der Waals surface area contributed by atoms with E-state index < -0.39 is 0 Å². The van der Waals surface area contributed by atoms with Crippen molar-refractivity contribution in [2.45, 2.75) is 59.3 Å². The van der Waals surface area contributed by atoms with Crippen LogP contribution in [0.3, 0.4) is 0 Å². The van der Waals surface area contributed by atoms with E-state index in [1.807, 2.05) is 0 Å². The Morgan fingerprint density at radius 3 is 2.48 bits per heavy atom. The molecular formula is C24H31ClO2. The molecule has 0 fully saturated rings. The summed E-state index contributed by atoms with van der Waals surface area (Å²) in [5.41, 5.74) is 4.74. The molecule has 2 nitrogen and oxygen atoms in total. The van der Waals surface area contributed by atoms with Gasteiger partial charge in [-0.2, -0.15) is 0 Å². The molecule has 0 aliphatic carbocycles. The molecule has 0 unspecified atom stereocenters. The number of halogens is 1. The molecule has 0 radical (unpaired) electrons. The number of ether oxygens (including phenoxy) is 1. The molecule has 0 spiro atoms. The third-order valence-corrected chi connectivity index (χ3v) is 5.46. The zero-order chi connectivity index (χ0) is 19.6. The Bertz CT molecular complexity index is 739. The normalized spacial score (nSPS) is 12.0. The van der Waals surface area contributed by atoms with E-state index in [1.165, 1.54) is 36.0 Å². The van der Waals surface area contributed by atoms with Gasteiger partial charge >= 0.3 is 0 Å². The summed E-state index contributed by atoms with van der Waals surface area (Å²) < 4.78 is 5.83. The Morgan fingerprint density at radius 2 is 1.81 bits per heavy atom. The maximum atomic E-state index is 10.8. The molecule has 2 aromatic rings. The van der Waals surface area contributed by atoms with E-state index >= 15 is 0 Å². The highest BCUT2D eigenvalue weighted by Crippen LogP contribution is 2.26. The van der Waals surface area contributed by atoms with Gasteiger partial charge in [0.1, 0.15) is 12.0 Å². The van der Waals surface area contributed by atoms with Gasteiger partial charge in [-0.05, 0) is 73.9 Å². The number of aryl methyl sites for hydroxylation is 2. The molecule has 0 bridgehead atoms. The average Bonchev–Trinajstić information content (AvgIpc) is 2.66. The summed E-state index contributed by atoms with van der Waals surface area (Å²) in [6.07, 6.45) is 7.85. The maximum absolute atomic E-state index is 10.8. The van der Waals surface area contributed by atoms with Crippen molar-refractivity contribution in [2.24, 2.45) is 5.92 Å². The zero-order valence-electron chi connectivity index (χ0n) is 16.8. The largest absolute Gasteiger partial charge is 0.492 e. The van der Waals surface area contributed by atoms with Crippen molar-refractivity contribution in [3.63, 3.8) is 0 Å². The van der Waals surface area contributed by atoms with E-state index in [1.54, 1.807) is 18.2 Å². The summed E-state index contributed by atoms with van der Waals surface area (Å²) in [5, 5.41) is 0.497. The summed E-state index contributed by atoms with van der Waals surface area (Å²) in [6.45, 7) is 7.25. The van der Waals surface area contributed by atoms with Crippen molar-refractivity contribution in [2.75, 3.05) is 6.61 Å². The molecule has 3 heteroatoms. The van der Waals surface area contributed by atoms with Crippen LogP contribution in [0.15, 0.2) is 36.4 Å². The Morgan fingerprint density at radius 1 is 1.04 bits per heavy atom. The van der Waals surface area contributed by atoms with Crippen molar-refractivity contribution in [1.29, 1.82) is 0 Å². The lowest BCUT2D eigenvalue weighted by Gasteiger charge is -2.18. The number of hydrogen-bond acceptors (Lipinski definition) is 2. The summed E-state index contributed by atoms with van der Waals surface area (Å²) in [5.74, 6) is 1.34. The molecule has 2 aromatic carbocycles. The van der Waals surface area contributed by atoms with E-state index in [9.17, 15) is 4.79 Å². The van der Waals surface area contributed by atoms with Crippen LogP contribution in [-0.2, 0) is 6.42 Å². The number of unbranched alkanes of at least 4 members (excludes halogenated alkanes) is 1. The standard InChI is InChI=1S/C24H31ClO2/c1-4-5-7-20(15-21-10-9-18(2)19(3)14-21)8-6-13-27-24-12-11-22(17-26)16-23(24)25/h9-12,14,16-17,20H,4-8,13,15H2,1-3H3/t20-/m0/s1. The Balaban J connectivity index is 1.86. The van der Waals surface area contributed by atoms with Crippen LogP contribution in [0.4, 0.5) is 0 Å². The fourth-order valence-corrected chi connectivity index (χ4v) is 3.61. The molecule has 0 amide bonds. The second-order valence-electron chi connectivity index (χ2n) is 7.43. The number of hydrogen-bond donors (Lipinski definition) is 0. The molecule has 146 valence electrons. The number of benzene rings is 2. The first-order valence-electron chi connectivity index (χ1n) is 9.97. The fourth-order valence-electron chi connectivity index (χ4n) is 3.37. The minimum atomic E-state index is 0.497.